The molecule has 1 fully saturated rings. The summed E-state index contributed by atoms with van der Waals surface area (Å²) in [7, 11) is -3.85. The predicted molar refractivity (Wildman–Crippen MR) is 132 cm³/mol. The van der Waals surface area contributed by atoms with Crippen molar-refractivity contribution in [2.45, 2.75) is 12.8 Å². The molecular formula is C23H21FN6O2S2. The van der Waals surface area contributed by atoms with Crippen LogP contribution in [0.15, 0.2) is 60.8 Å². The van der Waals surface area contributed by atoms with Crippen molar-refractivity contribution in [3.8, 4) is 32.4 Å². The summed E-state index contributed by atoms with van der Waals surface area (Å²) in [5.74, 6) is -0.621. The lowest BCUT2D eigenvalue weighted by molar-refractivity contribution is 0.482. The van der Waals surface area contributed by atoms with Crippen molar-refractivity contribution >= 4 is 33.2 Å². The van der Waals surface area contributed by atoms with E-state index >= 15 is 4.39 Å². The lowest BCUT2D eigenvalue weighted by atomic mass is 10.1. The topological polar surface area (TPSA) is 114 Å². The van der Waals surface area contributed by atoms with Gasteiger partial charge in [-0.05, 0) is 31.0 Å². The highest BCUT2D eigenvalue weighted by Gasteiger charge is 2.27. The van der Waals surface area contributed by atoms with Crippen LogP contribution in [0.5, 0.6) is 0 Å². The number of halogens is 1. The van der Waals surface area contributed by atoms with Crippen molar-refractivity contribution in [3.63, 3.8) is 0 Å². The molecule has 3 heterocycles. The molecule has 2 aromatic heterocycles. The molecule has 0 radical (unpaired) electrons. The Morgan fingerprint density at radius 3 is 2.50 bits per heavy atom. The number of anilines is 2. The highest BCUT2D eigenvalue weighted by atomic mass is 32.2. The van der Waals surface area contributed by atoms with Gasteiger partial charge in [0.25, 0.3) is 0 Å². The van der Waals surface area contributed by atoms with Gasteiger partial charge in [0.05, 0.1) is 22.0 Å². The molecule has 2 aromatic carbocycles. The lowest BCUT2D eigenvalue weighted by Gasteiger charge is -2.18. The van der Waals surface area contributed by atoms with Crippen LogP contribution in [-0.2, 0) is 10.2 Å². The summed E-state index contributed by atoms with van der Waals surface area (Å²) in [5.41, 5.74) is 7.54. The van der Waals surface area contributed by atoms with Gasteiger partial charge in [-0.15, -0.1) is 11.3 Å². The van der Waals surface area contributed by atoms with E-state index in [4.69, 9.17) is 10.7 Å². The fourth-order valence-corrected chi connectivity index (χ4v) is 6.16. The molecule has 1 aliphatic heterocycles. The van der Waals surface area contributed by atoms with Crippen LogP contribution in [0, 0.1) is 5.82 Å². The van der Waals surface area contributed by atoms with Crippen molar-refractivity contribution in [2.75, 3.05) is 23.5 Å². The number of hydrogen-bond donors (Lipinski definition) is 2. The predicted octanol–water partition coefficient (Wildman–Crippen LogP) is 4.41. The number of rotatable bonds is 6. The molecule has 5 rings (SSSR count). The second kappa shape index (κ2) is 9.09. The van der Waals surface area contributed by atoms with Crippen LogP contribution in [0.2, 0.25) is 0 Å². The SMILES string of the molecule is Nc1nccc(-c2sc(-c3ccccc3)nc2-c2cccc(NS(=O)(=O)N3CCCC3)c2F)n1. The minimum absolute atomic E-state index is 0.0886. The first-order valence-corrected chi connectivity index (χ1v) is 12.9. The summed E-state index contributed by atoms with van der Waals surface area (Å²) in [6.07, 6.45) is 3.10. The maximum atomic E-state index is 15.7. The standard InChI is InChI=1S/C23H21FN6O2S2/c24-19-16(9-6-10-17(19)29-34(31,32)30-13-4-5-14-30)20-21(18-11-12-26-23(25)27-18)33-22(28-20)15-7-2-1-3-8-15/h1-3,6-12,29H,4-5,13-14H2,(H2,25,26,27). The summed E-state index contributed by atoms with van der Waals surface area (Å²) in [5, 5.41) is 0.672. The summed E-state index contributed by atoms with van der Waals surface area (Å²) < 4.78 is 44.9. The molecule has 0 atom stereocenters. The number of thiazole rings is 1. The Balaban J connectivity index is 1.62. The summed E-state index contributed by atoms with van der Waals surface area (Å²) in [6, 6.07) is 15.8. The fourth-order valence-electron chi connectivity index (χ4n) is 3.81. The van der Waals surface area contributed by atoms with Crippen LogP contribution in [0.1, 0.15) is 12.8 Å². The smallest absolute Gasteiger partial charge is 0.301 e. The maximum Gasteiger partial charge on any atom is 0.301 e. The van der Waals surface area contributed by atoms with Crippen molar-refractivity contribution in [2.24, 2.45) is 0 Å². The number of aromatic nitrogens is 3. The van der Waals surface area contributed by atoms with E-state index in [0.717, 1.165) is 18.4 Å². The lowest BCUT2D eigenvalue weighted by Crippen LogP contribution is -2.33. The van der Waals surface area contributed by atoms with E-state index in [0.29, 0.717) is 34.4 Å². The molecule has 1 aliphatic rings. The first kappa shape index (κ1) is 22.4. The molecule has 1 saturated heterocycles. The van der Waals surface area contributed by atoms with Crippen molar-refractivity contribution in [1.29, 1.82) is 0 Å². The van der Waals surface area contributed by atoms with Gasteiger partial charge in [-0.2, -0.15) is 12.7 Å². The molecule has 3 N–H and O–H groups in total. The van der Waals surface area contributed by atoms with E-state index in [1.54, 1.807) is 18.2 Å². The number of nitrogens with one attached hydrogen (secondary N) is 1. The number of nitrogens with zero attached hydrogens (tertiary/aromatic N) is 4. The average molecular weight is 497 g/mol. The number of benzene rings is 2. The molecule has 8 nitrogen and oxygen atoms in total. The van der Waals surface area contributed by atoms with E-state index in [1.165, 1.54) is 27.9 Å². The monoisotopic (exact) mass is 496 g/mol. The Morgan fingerprint density at radius 2 is 1.76 bits per heavy atom. The zero-order valence-electron chi connectivity index (χ0n) is 18.0. The molecule has 4 aromatic rings. The second-order valence-electron chi connectivity index (χ2n) is 7.74. The first-order chi connectivity index (χ1) is 16.4. The number of nitrogen functional groups attached to an aromatic ring is 1. The van der Waals surface area contributed by atoms with Crippen molar-refractivity contribution in [1.82, 2.24) is 19.3 Å². The largest absolute Gasteiger partial charge is 0.368 e. The highest BCUT2D eigenvalue weighted by molar-refractivity contribution is 7.90. The fraction of sp³-hybridized carbons (Fsp3) is 0.174. The van der Waals surface area contributed by atoms with Gasteiger partial charge in [0, 0.05) is 30.4 Å². The second-order valence-corrected chi connectivity index (χ2v) is 10.4. The maximum absolute atomic E-state index is 15.7. The third-order valence-corrected chi connectivity index (χ3v) is 8.10. The van der Waals surface area contributed by atoms with Gasteiger partial charge in [-0.3, -0.25) is 4.72 Å². The van der Waals surface area contributed by atoms with Gasteiger partial charge >= 0.3 is 10.2 Å². The van der Waals surface area contributed by atoms with Gasteiger partial charge < -0.3 is 5.73 Å². The Labute approximate surface area is 200 Å². The van der Waals surface area contributed by atoms with E-state index < -0.39 is 16.0 Å². The van der Waals surface area contributed by atoms with Gasteiger partial charge in [0.1, 0.15) is 5.01 Å². The molecule has 0 amide bonds. The normalized spacial score (nSPS) is 14.4. The minimum atomic E-state index is -3.85. The zero-order valence-corrected chi connectivity index (χ0v) is 19.6. The third-order valence-electron chi connectivity index (χ3n) is 5.45. The van der Waals surface area contributed by atoms with Crippen molar-refractivity contribution in [3.05, 3.63) is 66.6 Å². The average Bonchev–Trinajstić information content (AvgIpc) is 3.52. The van der Waals surface area contributed by atoms with Gasteiger partial charge in [-0.25, -0.2) is 19.3 Å². The molecule has 174 valence electrons. The van der Waals surface area contributed by atoms with Crippen LogP contribution in [0.25, 0.3) is 32.4 Å². The van der Waals surface area contributed by atoms with E-state index in [2.05, 4.69) is 14.7 Å². The molecule has 0 aliphatic carbocycles. The Morgan fingerprint density at radius 1 is 1.00 bits per heavy atom. The van der Waals surface area contributed by atoms with E-state index in [-0.39, 0.29) is 17.2 Å². The molecule has 0 bridgehead atoms. The summed E-state index contributed by atoms with van der Waals surface area (Å²) >= 11 is 1.35. The van der Waals surface area contributed by atoms with Gasteiger partial charge in [-0.1, -0.05) is 36.4 Å². The van der Waals surface area contributed by atoms with Crippen LogP contribution in [0.4, 0.5) is 16.0 Å². The van der Waals surface area contributed by atoms with E-state index in [9.17, 15) is 8.42 Å². The Hall–Kier alpha value is -3.41. The highest BCUT2D eigenvalue weighted by Crippen LogP contribution is 2.41. The Bertz CT molecular complexity index is 1440. The Kier molecular flexibility index (Phi) is 5.98. The van der Waals surface area contributed by atoms with Gasteiger partial charge in [0.2, 0.25) is 5.95 Å². The van der Waals surface area contributed by atoms with Crippen LogP contribution in [-0.4, -0.2) is 40.8 Å². The molecule has 11 heteroatoms. The third kappa shape index (κ3) is 4.37. The van der Waals surface area contributed by atoms with E-state index in [1.807, 2.05) is 30.3 Å². The number of nitrogens with two attached hydrogens (primary N) is 1. The zero-order chi connectivity index (χ0) is 23.7. The molecule has 34 heavy (non-hydrogen) atoms. The summed E-state index contributed by atoms with van der Waals surface area (Å²) in [4.78, 5) is 13.6. The first-order valence-electron chi connectivity index (χ1n) is 10.6. The van der Waals surface area contributed by atoms with Gasteiger partial charge in [0.15, 0.2) is 5.82 Å². The van der Waals surface area contributed by atoms with Crippen LogP contribution < -0.4 is 10.5 Å². The molecule has 0 unspecified atom stereocenters. The van der Waals surface area contributed by atoms with Crippen LogP contribution in [0.3, 0.4) is 0 Å². The molecule has 0 saturated carbocycles. The van der Waals surface area contributed by atoms with Crippen LogP contribution >= 0.6 is 11.3 Å². The number of hydrogen-bond acceptors (Lipinski definition) is 7. The quantitative estimate of drug-likeness (QED) is 0.409. The van der Waals surface area contributed by atoms with Crippen molar-refractivity contribution < 1.29 is 12.8 Å². The molecule has 0 spiro atoms. The molecular weight excluding hydrogens is 475 g/mol. The minimum Gasteiger partial charge on any atom is -0.368 e. The summed E-state index contributed by atoms with van der Waals surface area (Å²) in [6.45, 7) is 0.838.